The average molecular weight is 319 g/mol. The van der Waals surface area contributed by atoms with Crippen LogP contribution in [0.3, 0.4) is 0 Å². The van der Waals surface area contributed by atoms with E-state index >= 15 is 0 Å². The molecule has 0 radical (unpaired) electrons. The van der Waals surface area contributed by atoms with E-state index in [9.17, 15) is 17.6 Å². The minimum atomic E-state index is -3.79. The molecular formula is C12H14FNO4S2. The largest absolute Gasteiger partial charge is 0.478 e. The highest BCUT2D eigenvalue weighted by molar-refractivity contribution is 7.99. The van der Waals surface area contributed by atoms with E-state index in [1.54, 1.807) is 18.7 Å². The standard InChI is InChI=1S/C12H14FNO4S2/c1-8-7-19-5-4-14(8)20(17,18)9-2-3-11(13)10(6-9)12(15)16/h2-3,6,8H,4-5,7H2,1H3,(H,15,16). The number of aromatic carboxylic acids is 1. The number of rotatable bonds is 3. The van der Waals surface area contributed by atoms with Crippen LogP contribution in [0.4, 0.5) is 4.39 Å². The van der Waals surface area contributed by atoms with E-state index in [2.05, 4.69) is 0 Å². The van der Waals surface area contributed by atoms with Crippen molar-refractivity contribution in [3.8, 4) is 0 Å². The molecule has 110 valence electrons. The van der Waals surface area contributed by atoms with Crippen molar-refractivity contribution in [2.75, 3.05) is 18.1 Å². The SMILES string of the molecule is CC1CSCCN1S(=O)(=O)c1ccc(F)c(C(=O)O)c1. The maximum Gasteiger partial charge on any atom is 0.338 e. The average Bonchev–Trinajstić information content (AvgIpc) is 2.38. The lowest BCUT2D eigenvalue weighted by atomic mass is 10.2. The van der Waals surface area contributed by atoms with Crippen LogP contribution in [0.2, 0.25) is 0 Å². The molecule has 2 rings (SSSR count). The second kappa shape index (κ2) is 5.71. The van der Waals surface area contributed by atoms with Gasteiger partial charge in [-0.3, -0.25) is 0 Å². The van der Waals surface area contributed by atoms with Gasteiger partial charge < -0.3 is 5.11 Å². The molecule has 0 aromatic heterocycles. The predicted molar refractivity (Wildman–Crippen MR) is 74.0 cm³/mol. The van der Waals surface area contributed by atoms with Crippen LogP contribution in [0.1, 0.15) is 17.3 Å². The van der Waals surface area contributed by atoms with Crippen LogP contribution in [0.25, 0.3) is 0 Å². The molecule has 0 aliphatic carbocycles. The zero-order valence-electron chi connectivity index (χ0n) is 10.7. The minimum absolute atomic E-state index is 0.169. The highest BCUT2D eigenvalue weighted by Gasteiger charge is 2.32. The molecule has 5 nitrogen and oxygen atoms in total. The van der Waals surface area contributed by atoms with Crippen LogP contribution in [0.5, 0.6) is 0 Å². The number of carboxylic acid groups (broad SMARTS) is 1. The molecule has 0 spiro atoms. The molecule has 1 saturated heterocycles. The maximum absolute atomic E-state index is 13.3. The van der Waals surface area contributed by atoms with Crippen molar-refractivity contribution >= 4 is 27.8 Å². The molecule has 1 atom stereocenters. The Morgan fingerprint density at radius 1 is 1.50 bits per heavy atom. The lowest BCUT2D eigenvalue weighted by molar-refractivity contribution is 0.0691. The quantitative estimate of drug-likeness (QED) is 0.917. The summed E-state index contributed by atoms with van der Waals surface area (Å²) in [6.45, 7) is 2.17. The van der Waals surface area contributed by atoms with Crippen molar-refractivity contribution < 1.29 is 22.7 Å². The predicted octanol–water partition coefficient (Wildman–Crippen LogP) is 1.65. The summed E-state index contributed by atoms with van der Waals surface area (Å²) in [4.78, 5) is 10.7. The fourth-order valence-corrected chi connectivity index (χ4v) is 4.91. The van der Waals surface area contributed by atoms with Crippen molar-refractivity contribution in [1.82, 2.24) is 4.31 Å². The van der Waals surface area contributed by atoms with Gasteiger partial charge in [-0.05, 0) is 25.1 Å². The Kier molecular flexibility index (Phi) is 4.36. The Morgan fingerprint density at radius 2 is 2.20 bits per heavy atom. The number of sulfonamides is 1. The summed E-state index contributed by atoms with van der Waals surface area (Å²) in [5, 5.41) is 8.87. The number of benzene rings is 1. The summed E-state index contributed by atoms with van der Waals surface area (Å²) < 4.78 is 39.6. The summed E-state index contributed by atoms with van der Waals surface area (Å²) in [6.07, 6.45) is 0. The van der Waals surface area contributed by atoms with Crippen LogP contribution >= 0.6 is 11.8 Å². The fraction of sp³-hybridized carbons (Fsp3) is 0.417. The van der Waals surface area contributed by atoms with E-state index in [1.165, 1.54) is 4.31 Å². The monoisotopic (exact) mass is 319 g/mol. The topological polar surface area (TPSA) is 74.7 Å². The third-order valence-corrected chi connectivity index (χ3v) is 6.28. The summed E-state index contributed by atoms with van der Waals surface area (Å²) in [5.41, 5.74) is -0.634. The molecule has 0 amide bonds. The number of halogens is 1. The van der Waals surface area contributed by atoms with Gasteiger partial charge in [0.05, 0.1) is 10.5 Å². The third kappa shape index (κ3) is 2.82. The van der Waals surface area contributed by atoms with E-state index in [0.29, 0.717) is 18.1 Å². The van der Waals surface area contributed by atoms with Gasteiger partial charge in [0, 0.05) is 24.1 Å². The summed E-state index contributed by atoms with van der Waals surface area (Å²) in [6, 6.07) is 2.68. The molecule has 1 aromatic rings. The summed E-state index contributed by atoms with van der Waals surface area (Å²) in [5.74, 6) is -1.05. The van der Waals surface area contributed by atoms with Gasteiger partial charge >= 0.3 is 5.97 Å². The minimum Gasteiger partial charge on any atom is -0.478 e. The van der Waals surface area contributed by atoms with Crippen LogP contribution < -0.4 is 0 Å². The molecule has 1 unspecified atom stereocenters. The molecule has 0 bridgehead atoms. The molecule has 1 aliphatic heterocycles. The first-order chi connectivity index (χ1) is 9.34. The fourth-order valence-electron chi connectivity index (χ4n) is 2.03. The second-order valence-electron chi connectivity index (χ2n) is 4.49. The Bertz CT molecular complexity index is 632. The number of hydrogen-bond acceptors (Lipinski definition) is 4. The van der Waals surface area contributed by atoms with Crippen molar-refractivity contribution in [2.45, 2.75) is 17.9 Å². The van der Waals surface area contributed by atoms with Crippen molar-refractivity contribution in [2.24, 2.45) is 0 Å². The van der Waals surface area contributed by atoms with Gasteiger partial charge in [-0.25, -0.2) is 17.6 Å². The highest BCUT2D eigenvalue weighted by atomic mass is 32.2. The molecule has 1 heterocycles. The van der Waals surface area contributed by atoms with Gasteiger partial charge in [0.1, 0.15) is 5.82 Å². The van der Waals surface area contributed by atoms with Crippen LogP contribution in [-0.2, 0) is 10.0 Å². The van der Waals surface area contributed by atoms with E-state index in [0.717, 1.165) is 18.2 Å². The molecule has 8 heteroatoms. The lowest BCUT2D eigenvalue weighted by Crippen LogP contribution is -2.44. The zero-order chi connectivity index (χ0) is 14.9. The number of thioether (sulfide) groups is 1. The smallest absolute Gasteiger partial charge is 0.338 e. The molecule has 20 heavy (non-hydrogen) atoms. The van der Waals surface area contributed by atoms with Crippen molar-refractivity contribution in [1.29, 1.82) is 0 Å². The molecule has 0 saturated carbocycles. The van der Waals surface area contributed by atoms with E-state index in [4.69, 9.17) is 5.11 Å². The van der Waals surface area contributed by atoms with Crippen LogP contribution in [0.15, 0.2) is 23.1 Å². The van der Waals surface area contributed by atoms with Crippen molar-refractivity contribution in [3.05, 3.63) is 29.6 Å². The number of hydrogen-bond donors (Lipinski definition) is 1. The number of carbonyl (C=O) groups is 1. The van der Waals surface area contributed by atoms with E-state index < -0.39 is 27.4 Å². The lowest BCUT2D eigenvalue weighted by Gasteiger charge is -2.32. The van der Waals surface area contributed by atoms with Crippen LogP contribution in [0, 0.1) is 5.82 Å². The third-order valence-electron chi connectivity index (χ3n) is 3.08. The first kappa shape index (κ1) is 15.3. The van der Waals surface area contributed by atoms with Gasteiger partial charge in [0.15, 0.2) is 0 Å². The first-order valence-electron chi connectivity index (χ1n) is 5.96. The van der Waals surface area contributed by atoms with Crippen LogP contribution in [-0.4, -0.2) is 47.9 Å². The maximum atomic E-state index is 13.3. The van der Waals surface area contributed by atoms with Crippen molar-refractivity contribution in [3.63, 3.8) is 0 Å². The number of nitrogens with zero attached hydrogens (tertiary/aromatic N) is 1. The molecule has 1 fully saturated rings. The van der Waals surface area contributed by atoms with Gasteiger partial charge in [0.2, 0.25) is 10.0 Å². The Balaban J connectivity index is 2.44. The zero-order valence-corrected chi connectivity index (χ0v) is 12.4. The Labute approximate surface area is 120 Å². The Hall–Kier alpha value is -1.12. The molecule has 1 aromatic carbocycles. The second-order valence-corrected chi connectivity index (χ2v) is 7.53. The van der Waals surface area contributed by atoms with Gasteiger partial charge in [-0.15, -0.1) is 0 Å². The van der Waals surface area contributed by atoms with Gasteiger partial charge in [-0.2, -0.15) is 16.1 Å². The highest BCUT2D eigenvalue weighted by Crippen LogP contribution is 2.25. The molecular weight excluding hydrogens is 305 g/mol. The summed E-state index contributed by atoms with van der Waals surface area (Å²) in [7, 11) is -3.79. The van der Waals surface area contributed by atoms with E-state index in [1.807, 2.05) is 0 Å². The normalized spacial score (nSPS) is 20.8. The van der Waals surface area contributed by atoms with Gasteiger partial charge in [0.25, 0.3) is 0 Å². The van der Waals surface area contributed by atoms with E-state index in [-0.39, 0.29) is 10.9 Å². The molecule has 1 N–H and O–H groups in total. The Morgan fingerprint density at radius 3 is 2.80 bits per heavy atom. The summed E-state index contributed by atoms with van der Waals surface area (Å²) >= 11 is 1.67. The number of carboxylic acids is 1. The molecule has 1 aliphatic rings. The first-order valence-corrected chi connectivity index (χ1v) is 8.56. The van der Waals surface area contributed by atoms with Gasteiger partial charge in [-0.1, -0.05) is 0 Å².